The largest absolute Gasteiger partial charge is 0.207 e. The van der Waals surface area contributed by atoms with E-state index in [4.69, 9.17) is 0 Å². The summed E-state index contributed by atoms with van der Waals surface area (Å²) in [7, 11) is 0. The molecule has 0 saturated heterocycles. The maximum absolute atomic E-state index is 12.2. The molecular formula is C15H15F. The van der Waals surface area contributed by atoms with E-state index in [1.165, 1.54) is 17.7 Å². The fraction of sp³-hybridized carbons (Fsp3) is 0.0667. The molecule has 16 heavy (non-hydrogen) atoms. The third kappa shape index (κ3) is 4.56. The molecule has 0 N–H and O–H groups in total. The Morgan fingerprint density at radius 2 is 1.50 bits per heavy atom. The van der Waals surface area contributed by atoms with Gasteiger partial charge in [0.25, 0.3) is 0 Å². The van der Waals surface area contributed by atoms with Gasteiger partial charge in [-0.25, -0.2) is 4.39 Å². The predicted molar refractivity (Wildman–Crippen MR) is 67.7 cm³/mol. The van der Waals surface area contributed by atoms with Gasteiger partial charge >= 0.3 is 0 Å². The number of aryl methyl sites for hydroxylation is 1. The summed E-state index contributed by atoms with van der Waals surface area (Å²) in [4.78, 5) is 0. The van der Waals surface area contributed by atoms with Crippen LogP contribution in [-0.2, 0) is 0 Å². The molecule has 1 heteroatoms. The molecule has 0 atom stereocenters. The summed E-state index contributed by atoms with van der Waals surface area (Å²) in [5, 5.41) is 0. The highest BCUT2D eigenvalue weighted by Gasteiger charge is 1.85. The molecule has 82 valence electrons. The minimum Gasteiger partial charge on any atom is -0.207 e. The molecular weight excluding hydrogens is 199 g/mol. The van der Waals surface area contributed by atoms with Crippen LogP contribution in [0.2, 0.25) is 0 Å². The molecule has 0 aliphatic rings. The van der Waals surface area contributed by atoms with Gasteiger partial charge in [-0.3, -0.25) is 0 Å². The Hall–Kier alpha value is -1.89. The first-order valence-electron chi connectivity index (χ1n) is 5.12. The van der Waals surface area contributed by atoms with Crippen LogP contribution in [0.5, 0.6) is 0 Å². The van der Waals surface area contributed by atoms with Crippen LogP contribution in [0.25, 0.3) is 6.08 Å². The Kier molecular flexibility index (Phi) is 5.00. The summed E-state index contributed by atoms with van der Waals surface area (Å²) in [5.74, 6) is -0.208. The van der Waals surface area contributed by atoms with E-state index in [0.29, 0.717) is 0 Å². The Balaban J connectivity index is 0.000000165. The lowest BCUT2D eigenvalue weighted by Gasteiger charge is -1.88. The van der Waals surface area contributed by atoms with Crippen LogP contribution in [0, 0.1) is 12.7 Å². The lowest BCUT2D eigenvalue weighted by atomic mass is 10.2. The lowest BCUT2D eigenvalue weighted by molar-refractivity contribution is 0.628. The zero-order chi connectivity index (χ0) is 11.8. The van der Waals surface area contributed by atoms with Crippen LogP contribution in [-0.4, -0.2) is 0 Å². The summed E-state index contributed by atoms with van der Waals surface area (Å²) in [6.45, 7) is 5.62. The van der Waals surface area contributed by atoms with Gasteiger partial charge in [-0.2, -0.15) is 0 Å². The summed E-state index contributed by atoms with van der Waals surface area (Å²) in [6, 6.07) is 16.5. The second-order valence-electron chi connectivity index (χ2n) is 3.41. The van der Waals surface area contributed by atoms with E-state index < -0.39 is 0 Å². The molecule has 0 radical (unpaired) electrons. The van der Waals surface area contributed by atoms with Gasteiger partial charge in [-0.05, 0) is 24.6 Å². The minimum absolute atomic E-state index is 0.208. The lowest BCUT2D eigenvalue weighted by Crippen LogP contribution is -1.72. The molecule has 0 aromatic heterocycles. The predicted octanol–water partition coefficient (Wildman–Crippen LogP) is 4.46. The number of benzene rings is 2. The zero-order valence-electron chi connectivity index (χ0n) is 9.36. The maximum atomic E-state index is 12.2. The molecule has 2 aromatic rings. The molecule has 2 aromatic carbocycles. The molecule has 0 nitrogen and oxygen atoms in total. The van der Waals surface area contributed by atoms with Crippen molar-refractivity contribution >= 4 is 6.08 Å². The van der Waals surface area contributed by atoms with Crippen LogP contribution in [0.3, 0.4) is 0 Å². The summed E-state index contributed by atoms with van der Waals surface area (Å²) in [5.41, 5.74) is 2.26. The third-order valence-electron chi connectivity index (χ3n) is 2.05. The molecule has 0 bridgehead atoms. The van der Waals surface area contributed by atoms with E-state index >= 15 is 0 Å². The first kappa shape index (κ1) is 12.2. The molecule has 0 unspecified atom stereocenters. The smallest absolute Gasteiger partial charge is 0.123 e. The third-order valence-corrected chi connectivity index (χ3v) is 2.05. The highest BCUT2D eigenvalue weighted by atomic mass is 19.1. The minimum atomic E-state index is -0.208. The molecule has 0 aliphatic carbocycles. The highest BCUT2D eigenvalue weighted by Crippen LogP contribution is 2.02. The van der Waals surface area contributed by atoms with Crippen LogP contribution in [0.15, 0.2) is 61.2 Å². The van der Waals surface area contributed by atoms with Crippen LogP contribution in [0.1, 0.15) is 11.1 Å². The van der Waals surface area contributed by atoms with E-state index in [-0.39, 0.29) is 5.82 Å². The zero-order valence-corrected chi connectivity index (χ0v) is 9.36. The fourth-order valence-electron chi connectivity index (χ4n) is 1.13. The monoisotopic (exact) mass is 214 g/mol. The molecule has 0 spiro atoms. The van der Waals surface area contributed by atoms with Gasteiger partial charge in [0.1, 0.15) is 5.82 Å². The van der Waals surface area contributed by atoms with Crippen molar-refractivity contribution in [1.29, 1.82) is 0 Å². The second-order valence-corrected chi connectivity index (χ2v) is 3.41. The van der Waals surface area contributed by atoms with Crippen LogP contribution < -0.4 is 0 Å². The second kappa shape index (κ2) is 6.57. The molecule has 2 rings (SSSR count). The quantitative estimate of drug-likeness (QED) is 0.657. The van der Waals surface area contributed by atoms with Crippen molar-refractivity contribution in [1.82, 2.24) is 0 Å². The average molecular weight is 214 g/mol. The van der Waals surface area contributed by atoms with Gasteiger partial charge in [0, 0.05) is 0 Å². The summed E-state index contributed by atoms with van der Waals surface area (Å²) < 4.78 is 12.2. The Morgan fingerprint density at radius 1 is 0.938 bits per heavy atom. The van der Waals surface area contributed by atoms with Gasteiger partial charge in [0.15, 0.2) is 0 Å². The first-order chi connectivity index (χ1) is 7.72. The number of halogens is 1. The fourth-order valence-corrected chi connectivity index (χ4v) is 1.13. The summed E-state index contributed by atoms with van der Waals surface area (Å²) in [6.07, 6.45) is 1.68. The van der Waals surface area contributed by atoms with Gasteiger partial charge in [0.2, 0.25) is 0 Å². The van der Waals surface area contributed by atoms with Gasteiger partial charge in [0.05, 0.1) is 0 Å². The van der Waals surface area contributed by atoms with Crippen molar-refractivity contribution < 1.29 is 4.39 Å². The molecule has 0 fully saturated rings. The molecule has 0 heterocycles. The first-order valence-corrected chi connectivity index (χ1v) is 5.12. The van der Waals surface area contributed by atoms with E-state index in [0.717, 1.165) is 5.56 Å². The number of hydrogen-bond donors (Lipinski definition) is 0. The van der Waals surface area contributed by atoms with E-state index in [2.05, 4.69) is 25.6 Å². The van der Waals surface area contributed by atoms with Gasteiger partial charge < -0.3 is 0 Å². The number of hydrogen-bond acceptors (Lipinski definition) is 0. The molecule has 0 saturated carbocycles. The summed E-state index contributed by atoms with van der Waals surface area (Å²) >= 11 is 0. The van der Waals surface area contributed by atoms with Crippen molar-refractivity contribution in [2.45, 2.75) is 6.92 Å². The van der Waals surface area contributed by atoms with E-state index in [1.54, 1.807) is 18.2 Å². The van der Waals surface area contributed by atoms with Crippen LogP contribution >= 0.6 is 0 Å². The Morgan fingerprint density at radius 3 is 1.88 bits per heavy atom. The average Bonchev–Trinajstić information content (AvgIpc) is 2.32. The van der Waals surface area contributed by atoms with Crippen LogP contribution in [0.4, 0.5) is 4.39 Å². The van der Waals surface area contributed by atoms with Gasteiger partial charge in [-0.15, -0.1) is 0 Å². The SMILES string of the molecule is C=Cc1ccc(F)cc1.Cc1ccccc1. The van der Waals surface area contributed by atoms with Crippen molar-refractivity contribution in [3.63, 3.8) is 0 Å². The standard InChI is InChI=1S/C8H7F.C7H8/c1-2-7-3-5-8(9)6-4-7;1-7-5-3-2-4-6-7/h2-6H,1H2;2-6H,1H3. The van der Waals surface area contributed by atoms with Crippen molar-refractivity contribution in [2.75, 3.05) is 0 Å². The van der Waals surface area contributed by atoms with Crippen molar-refractivity contribution in [2.24, 2.45) is 0 Å². The highest BCUT2D eigenvalue weighted by molar-refractivity contribution is 5.45. The molecule has 0 amide bonds. The number of rotatable bonds is 1. The van der Waals surface area contributed by atoms with E-state index in [1.807, 2.05) is 18.2 Å². The van der Waals surface area contributed by atoms with Gasteiger partial charge in [-0.1, -0.05) is 60.7 Å². The topological polar surface area (TPSA) is 0 Å². The van der Waals surface area contributed by atoms with Crippen molar-refractivity contribution in [3.05, 3.63) is 78.1 Å². The normalized spacial score (nSPS) is 8.88. The van der Waals surface area contributed by atoms with Crippen molar-refractivity contribution in [3.8, 4) is 0 Å². The Bertz CT molecular complexity index is 415. The molecule has 0 aliphatic heterocycles. The Labute approximate surface area is 96.1 Å². The maximum Gasteiger partial charge on any atom is 0.123 e. The van der Waals surface area contributed by atoms with E-state index in [9.17, 15) is 4.39 Å².